The van der Waals surface area contributed by atoms with Crippen LogP contribution in [0.2, 0.25) is 0 Å². The normalized spacial score (nSPS) is 13.4. The molecule has 106 valence electrons. The van der Waals surface area contributed by atoms with Crippen LogP contribution in [0.3, 0.4) is 0 Å². The summed E-state index contributed by atoms with van der Waals surface area (Å²) in [5.41, 5.74) is 0.356. The molecule has 0 bridgehead atoms. The first-order valence-corrected chi connectivity index (χ1v) is 7.66. The molecule has 0 aliphatic rings. The molecule has 0 amide bonds. The third kappa shape index (κ3) is 2.73. The summed E-state index contributed by atoms with van der Waals surface area (Å²) >= 11 is 0. The topological polar surface area (TPSA) is 37.4 Å². The Labute approximate surface area is 118 Å². The van der Waals surface area contributed by atoms with Crippen LogP contribution >= 0.6 is 0 Å². The zero-order chi connectivity index (χ0) is 14.8. The summed E-state index contributed by atoms with van der Waals surface area (Å²) in [5.74, 6) is -0.407. The van der Waals surface area contributed by atoms with Crippen molar-refractivity contribution in [3.63, 3.8) is 0 Å². The standard InChI is InChI=1S/C15H16FNO2S/c1-12(14-10-6-7-11-15(14)16)17(2)20(18,19)13-8-4-3-5-9-13/h3-12H,1-2H3. The average molecular weight is 293 g/mol. The summed E-state index contributed by atoms with van der Waals surface area (Å²) in [6.45, 7) is 1.67. The van der Waals surface area contributed by atoms with Crippen molar-refractivity contribution < 1.29 is 12.8 Å². The van der Waals surface area contributed by atoms with Gasteiger partial charge in [-0.1, -0.05) is 36.4 Å². The summed E-state index contributed by atoms with van der Waals surface area (Å²) < 4.78 is 39.9. The van der Waals surface area contributed by atoms with Crippen LogP contribution in [-0.2, 0) is 10.0 Å². The van der Waals surface area contributed by atoms with E-state index in [-0.39, 0.29) is 4.90 Å². The van der Waals surface area contributed by atoms with Crippen LogP contribution < -0.4 is 0 Å². The van der Waals surface area contributed by atoms with Crippen LogP contribution in [0.1, 0.15) is 18.5 Å². The van der Waals surface area contributed by atoms with Crippen LogP contribution in [0.5, 0.6) is 0 Å². The van der Waals surface area contributed by atoms with Crippen molar-refractivity contribution in [2.45, 2.75) is 17.9 Å². The maximum atomic E-state index is 13.8. The maximum Gasteiger partial charge on any atom is 0.243 e. The Bertz CT molecular complexity index is 686. The van der Waals surface area contributed by atoms with E-state index in [1.807, 2.05) is 0 Å². The van der Waals surface area contributed by atoms with Crippen molar-refractivity contribution in [1.29, 1.82) is 0 Å². The first-order valence-electron chi connectivity index (χ1n) is 6.22. The number of rotatable bonds is 4. The molecule has 0 spiro atoms. The van der Waals surface area contributed by atoms with Crippen LogP contribution in [0.25, 0.3) is 0 Å². The second-order valence-corrected chi connectivity index (χ2v) is 6.53. The first-order chi connectivity index (χ1) is 9.44. The number of halogens is 1. The minimum absolute atomic E-state index is 0.200. The summed E-state index contributed by atoms with van der Waals surface area (Å²) in [6, 6.07) is 13.7. The molecule has 0 fully saturated rings. The highest BCUT2D eigenvalue weighted by atomic mass is 32.2. The first kappa shape index (κ1) is 14.7. The molecule has 2 aromatic rings. The number of sulfonamides is 1. The number of benzene rings is 2. The van der Waals surface area contributed by atoms with Crippen molar-refractivity contribution in [3.8, 4) is 0 Å². The van der Waals surface area contributed by atoms with E-state index in [1.54, 1.807) is 43.3 Å². The van der Waals surface area contributed by atoms with Crippen molar-refractivity contribution in [2.75, 3.05) is 7.05 Å². The second-order valence-electron chi connectivity index (χ2n) is 4.53. The van der Waals surface area contributed by atoms with Gasteiger partial charge in [-0.15, -0.1) is 0 Å². The van der Waals surface area contributed by atoms with Gasteiger partial charge in [-0.05, 0) is 25.1 Å². The Morgan fingerprint density at radius 2 is 1.55 bits per heavy atom. The fourth-order valence-corrected chi connectivity index (χ4v) is 3.34. The van der Waals surface area contributed by atoms with Gasteiger partial charge < -0.3 is 0 Å². The van der Waals surface area contributed by atoms with Gasteiger partial charge in [0.1, 0.15) is 5.82 Å². The molecule has 0 saturated heterocycles. The number of hydrogen-bond donors (Lipinski definition) is 0. The van der Waals surface area contributed by atoms with E-state index in [0.717, 1.165) is 0 Å². The highest BCUT2D eigenvalue weighted by Crippen LogP contribution is 2.26. The fourth-order valence-electron chi connectivity index (χ4n) is 1.98. The highest BCUT2D eigenvalue weighted by molar-refractivity contribution is 7.89. The van der Waals surface area contributed by atoms with Gasteiger partial charge in [-0.25, -0.2) is 12.8 Å². The molecule has 0 aromatic heterocycles. The van der Waals surface area contributed by atoms with Crippen molar-refractivity contribution in [2.24, 2.45) is 0 Å². The van der Waals surface area contributed by atoms with Gasteiger partial charge in [0.05, 0.1) is 4.90 Å². The van der Waals surface area contributed by atoms with E-state index in [2.05, 4.69) is 0 Å². The molecular weight excluding hydrogens is 277 g/mol. The van der Waals surface area contributed by atoms with E-state index in [4.69, 9.17) is 0 Å². The monoisotopic (exact) mass is 293 g/mol. The van der Waals surface area contributed by atoms with Crippen LogP contribution in [0.4, 0.5) is 4.39 Å². The van der Waals surface area contributed by atoms with Gasteiger partial charge in [0.2, 0.25) is 10.0 Å². The van der Waals surface area contributed by atoms with Crippen LogP contribution in [0, 0.1) is 5.82 Å². The quantitative estimate of drug-likeness (QED) is 0.868. The average Bonchev–Trinajstić information content (AvgIpc) is 2.47. The molecule has 1 unspecified atom stereocenters. The largest absolute Gasteiger partial charge is 0.243 e. The second kappa shape index (κ2) is 5.73. The van der Waals surface area contributed by atoms with Gasteiger partial charge >= 0.3 is 0 Å². The van der Waals surface area contributed by atoms with Crippen molar-refractivity contribution >= 4 is 10.0 Å². The molecule has 0 heterocycles. The lowest BCUT2D eigenvalue weighted by Crippen LogP contribution is -2.30. The summed E-state index contributed by atoms with van der Waals surface area (Å²) in [7, 11) is -2.18. The zero-order valence-corrected chi connectivity index (χ0v) is 12.1. The molecule has 20 heavy (non-hydrogen) atoms. The Morgan fingerprint density at radius 1 is 1.00 bits per heavy atom. The Hall–Kier alpha value is -1.72. The Kier molecular flexibility index (Phi) is 4.20. The van der Waals surface area contributed by atoms with Gasteiger partial charge in [-0.2, -0.15) is 4.31 Å². The predicted molar refractivity (Wildman–Crippen MR) is 76.2 cm³/mol. The molecule has 0 aliphatic heterocycles. The van der Waals surface area contributed by atoms with Gasteiger partial charge in [-0.3, -0.25) is 0 Å². The lowest BCUT2D eigenvalue weighted by atomic mass is 10.1. The molecule has 1 atom stereocenters. The van der Waals surface area contributed by atoms with E-state index in [9.17, 15) is 12.8 Å². The van der Waals surface area contributed by atoms with Gasteiger partial charge in [0, 0.05) is 18.7 Å². The van der Waals surface area contributed by atoms with Gasteiger partial charge in [0.15, 0.2) is 0 Å². The van der Waals surface area contributed by atoms with E-state index < -0.39 is 21.9 Å². The number of nitrogens with zero attached hydrogens (tertiary/aromatic N) is 1. The molecule has 5 heteroatoms. The zero-order valence-electron chi connectivity index (χ0n) is 11.3. The summed E-state index contributed by atoms with van der Waals surface area (Å²) in [5, 5.41) is 0. The maximum absolute atomic E-state index is 13.8. The van der Waals surface area contributed by atoms with Crippen LogP contribution in [-0.4, -0.2) is 19.8 Å². The molecule has 0 saturated carbocycles. The van der Waals surface area contributed by atoms with Crippen LogP contribution in [0.15, 0.2) is 59.5 Å². The molecule has 0 N–H and O–H groups in total. The van der Waals surface area contributed by atoms with E-state index >= 15 is 0 Å². The van der Waals surface area contributed by atoms with Crippen molar-refractivity contribution in [3.05, 3.63) is 66.0 Å². The summed E-state index contributed by atoms with van der Waals surface area (Å²) in [4.78, 5) is 0.200. The third-order valence-corrected chi connectivity index (χ3v) is 5.26. The number of hydrogen-bond acceptors (Lipinski definition) is 2. The molecule has 2 aromatic carbocycles. The Balaban J connectivity index is 2.37. The lowest BCUT2D eigenvalue weighted by Gasteiger charge is -2.25. The van der Waals surface area contributed by atoms with E-state index in [0.29, 0.717) is 5.56 Å². The summed E-state index contributed by atoms with van der Waals surface area (Å²) in [6.07, 6.45) is 0. The third-order valence-electron chi connectivity index (χ3n) is 3.32. The molecule has 3 nitrogen and oxygen atoms in total. The smallest absolute Gasteiger partial charge is 0.207 e. The minimum Gasteiger partial charge on any atom is -0.207 e. The highest BCUT2D eigenvalue weighted by Gasteiger charge is 2.27. The lowest BCUT2D eigenvalue weighted by molar-refractivity contribution is 0.387. The van der Waals surface area contributed by atoms with Gasteiger partial charge in [0.25, 0.3) is 0 Å². The minimum atomic E-state index is -3.64. The molecule has 2 rings (SSSR count). The predicted octanol–water partition coefficient (Wildman–Crippen LogP) is 3.21. The molecular formula is C15H16FNO2S. The Morgan fingerprint density at radius 3 is 2.15 bits per heavy atom. The molecule has 0 aliphatic carbocycles. The fraction of sp³-hybridized carbons (Fsp3) is 0.200. The SMILES string of the molecule is CC(c1ccccc1F)N(C)S(=O)(=O)c1ccccc1. The van der Waals surface area contributed by atoms with Crippen molar-refractivity contribution in [1.82, 2.24) is 4.31 Å². The van der Waals surface area contributed by atoms with E-state index in [1.165, 1.54) is 29.6 Å². The molecule has 0 radical (unpaired) electrons.